The van der Waals surface area contributed by atoms with Gasteiger partial charge in [0.2, 0.25) is 0 Å². The maximum atomic E-state index is 9.39. The van der Waals surface area contributed by atoms with Crippen LogP contribution in [0, 0.1) is 18.3 Å². The zero-order valence-electron chi connectivity index (χ0n) is 11.4. The van der Waals surface area contributed by atoms with Crippen LogP contribution in [0.4, 0.5) is 0 Å². The van der Waals surface area contributed by atoms with E-state index in [0.29, 0.717) is 5.57 Å². The highest BCUT2D eigenvalue weighted by atomic mass is 32.1. The topological polar surface area (TPSA) is 36.7 Å². The highest BCUT2D eigenvalue weighted by Crippen LogP contribution is 2.29. The predicted molar refractivity (Wildman–Crippen MR) is 90.1 cm³/mol. The Hall–Kier alpha value is -2.22. The van der Waals surface area contributed by atoms with Gasteiger partial charge in [-0.25, -0.2) is 4.98 Å². The summed E-state index contributed by atoms with van der Waals surface area (Å²) in [6.45, 7) is 2.05. The first kappa shape index (κ1) is 13.7. The third-order valence-corrected chi connectivity index (χ3v) is 4.78. The van der Waals surface area contributed by atoms with E-state index in [-0.39, 0.29) is 0 Å². The first-order chi connectivity index (χ1) is 10.3. The van der Waals surface area contributed by atoms with Crippen molar-refractivity contribution in [2.24, 2.45) is 0 Å². The number of thiazole rings is 1. The molecule has 4 heteroatoms. The molecule has 0 fully saturated rings. The van der Waals surface area contributed by atoms with Gasteiger partial charge in [0.05, 0.1) is 16.1 Å². The standard InChI is InChI=1S/C17H12N2S2/c1-12-4-6-13(7-5-12)9-14(10-18)17-19-15(11-21-17)16-3-2-8-20-16/h2-9,11H,1H3/b14-9-. The smallest absolute Gasteiger partial charge is 0.134 e. The van der Waals surface area contributed by atoms with Gasteiger partial charge in [-0.3, -0.25) is 0 Å². The number of hydrogen-bond acceptors (Lipinski definition) is 4. The number of thiophene rings is 1. The summed E-state index contributed by atoms with van der Waals surface area (Å²) in [5.74, 6) is 0. The Kier molecular flexibility index (Phi) is 3.96. The molecule has 2 heterocycles. The van der Waals surface area contributed by atoms with Gasteiger partial charge in [-0.05, 0) is 30.0 Å². The van der Waals surface area contributed by atoms with Crippen molar-refractivity contribution in [2.75, 3.05) is 0 Å². The molecule has 0 unspecified atom stereocenters. The van der Waals surface area contributed by atoms with E-state index in [1.165, 1.54) is 16.9 Å². The zero-order chi connectivity index (χ0) is 14.7. The maximum absolute atomic E-state index is 9.39. The summed E-state index contributed by atoms with van der Waals surface area (Å²) in [5, 5.41) is 14.2. The fourth-order valence-corrected chi connectivity index (χ4v) is 3.45. The third kappa shape index (κ3) is 3.10. The van der Waals surface area contributed by atoms with E-state index in [9.17, 15) is 5.26 Å². The van der Waals surface area contributed by atoms with Gasteiger partial charge in [0.1, 0.15) is 11.1 Å². The molecule has 102 valence electrons. The number of nitrogens with zero attached hydrogens (tertiary/aromatic N) is 2. The van der Waals surface area contributed by atoms with Crippen molar-refractivity contribution in [3.8, 4) is 16.6 Å². The van der Waals surface area contributed by atoms with E-state index in [1.54, 1.807) is 11.3 Å². The summed E-state index contributed by atoms with van der Waals surface area (Å²) >= 11 is 3.16. The molecule has 0 amide bonds. The zero-order valence-corrected chi connectivity index (χ0v) is 13.0. The molecule has 0 N–H and O–H groups in total. The molecule has 3 rings (SSSR count). The summed E-state index contributed by atoms with van der Waals surface area (Å²) in [7, 11) is 0. The molecule has 0 saturated heterocycles. The van der Waals surface area contributed by atoms with Crippen LogP contribution in [0.2, 0.25) is 0 Å². The van der Waals surface area contributed by atoms with Gasteiger partial charge < -0.3 is 0 Å². The van der Waals surface area contributed by atoms with Crippen molar-refractivity contribution < 1.29 is 0 Å². The molecular formula is C17H12N2S2. The molecule has 0 spiro atoms. The average Bonchev–Trinajstić information content (AvgIpc) is 3.17. The van der Waals surface area contributed by atoms with Crippen molar-refractivity contribution in [1.29, 1.82) is 5.26 Å². The van der Waals surface area contributed by atoms with Crippen LogP contribution in [0.15, 0.2) is 47.2 Å². The number of aryl methyl sites for hydroxylation is 1. The number of nitriles is 1. The molecule has 0 radical (unpaired) electrons. The normalized spacial score (nSPS) is 11.3. The molecule has 0 aliphatic carbocycles. The minimum Gasteiger partial charge on any atom is -0.234 e. The lowest BCUT2D eigenvalue weighted by Gasteiger charge is -1.96. The monoisotopic (exact) mass is 308 g/mol. The molecule has 0 aliphatic rings. The Balaban J connectivity index is 1.94. The molecule has 21 heavy (non-hydrogen) atoms. The fourth-order valence-electron chi connectivity index (χ4n) is 1.91. The summed E-state index contributed by atoms with van der Waals surface area (Å²) in [6.07, 6.45) is 1.89. The summed E-state index contributed by atoms with van der Waals surface area (Å²) in [4.78, 5) is 5.71. The van der Waals surface area contributed by atoms with E-state index in [4.69, 9.17) is 0 Å². The van der Waals surface area contributed by atoms with Crippen LogP contribution in [0.1, 0.15) is 16.1 Å². The third-order valence-electron chi connectivity index (χ3n) is 3.02. The first-order valence-electron chi connectivity index (χ1n) is 6.44. The van der Waals surface area contributed by atoms with E-state index < -0.39 is 0 Å². The number of benzene rings is 1. The Morgan fingerprint density at radius 1 is 1.19 bits per heavy atom. The molecule has 0 bridgehead atoms. The number of aromatic nitrogens is 1. The Morgan fingerprint density at radius 3 is 2.67 bits per heavy atom. The van der Waals surface area contributed by atoms with Crippen molar-refractivity contribution in [3.05, 3.63) is 63.3 Å². The molecule has 3 aromatic rings. The number of hydrogen-bond donors (Lipinski definition) is 0. The van der Waals surface area contributed by atoms with Crippen LogP contribution in [0.3, 0.4) is 0 Å². The second kappa shape index (κ2) is 6.04. The Labute approximate surface area is 131 Å². The van der Waals surface area contributed by atoms with Crippen LogP contribution < -0.4 is 0 Å². The second-order valence-corrected chi connectivity index (χ2v) is 6.40. The highest BCUT2D eigenvalue weighted by Gasteiger charge is 2.09. The minimum atomic E-state index is 0.603. The Bertz CT molecular complexity index is 803. The van der Waals surface area contributed by atoms with Crippen molar-refractivity contribution >= 4 is 34.3 Å². The van der Waals surface area contributed by atoms with Crippen LogP contribution in [-0.4, -0.2) is 4.98 Å². The summed E-state index contributed by atoms with van der Waals surface area (Å²) in [5.41, 5.74) is 3.77. The number of rotatable bonds is 3. The lowest BCUT2D eigenvalue weighted by atomic mass is 10.1. The lowest BCUT2D eigenvalue weighted by Crippen LogP contribution is -1.82. The van der Waals surface area contributed by atoms with Gasteiger partial charge in [0, 0.05) is 5.38 Å². The summed E-state index contributed by atoms with van der Waals surface area (Å²) in [6, 6.07) is 14.4. The first-order valence-corrected chi connectivity index (χ1v) is 8.20. The number of allylic oxidation sites excluding steroid dienone is 1. The van der Waals surface area contributed by atoms with Crippen LogP contribution in [0.25, 0.3) is 22.2 Å². The Morgan fingerprint density at radius 2 is 2.00 bits per heavy atom. The predicted octanol–water partition coefficient (Wildman–Crippen LogP) is 5.24. The second-order valence-electron chi connectivity index (χ2n) is 4.60. The van der Waals surface area contributed by atoms with Gasteiger partial charge in [-0.1, -0.05) is 35.9 Å². The lowest BCUT2D eigenvalue weighted by molar-refractivity contribution is 1.38. The largest absolute Gasteiger partial charge is 0.234 e. The minimum absolute atomic E-state index is 0.603. The molecule has 0 aliphatic heterocycles. The molecular weight excluding hydrogens is 296 g/mol. The van der Waals surface area contributed by atoms with Gasteiger partial charge in [0.25, 0.3) is 0 Å². The van der Waals surface area contributed by atoms with E-state index in [2.05, 4.69) is 11.1 Å². The van der Waals surface area contributed by atoms with Crippen molar-refractivity contribution in [2.45, 2.75) is 6.92 Å². The van der Waals surface area contributed by atoms with Gasteiger partial charge in [0.15, 0.2) is 0 Å². The van der Waals surface area contributed by atoms with Gasteiger partial charge >= 0.3 is 0 Å². The van der Waals surface area contributed by atoms with Crippen molar-refractivity contribution in [3.63, 3.8) is 0 Å². The fraction of sp³-hybridized carbons (Fsp3) is 0.0588. The molecule has 2 nitrogen and oxygen atoms in total. The molecule has 0 atom stereocenters. The van der Waals surface area contributed by atoms with Gasteiger partial charge in [-0.15, -0.1) is 22.7 Å². The van der Waals surface area contributed by atoms with Crippen LogP contribution in [0.5, 0.6) is 0 Å². The molecule has 2 aromatic heterocycles. The van der Waals surface area contributed by atoms with E-state index in [1.807, 2.05) is 60.2 Å². The average molecular weight is 308 g/mol. The molecule has 1 aromatic carbocycles. The maximum Gasteiger partial charge on any atom is 0.134 e. The summed E-state index contributed by atoms with van der Waals surface area (Å²) < 4.78 is 0. The highest BCUT2D eigenvalue weighted by molar-refractivity contribution is 7.14. The van der Waals surface area contributed by atoms with Crippen LogP contribution >= 0.6 is 22.7 Å². The van der Waals surface area contributed by atoms with E-state index in [0.717, 1.165) is 21.1 Å². The van der Waals surface area contributed by atoms with Gasteiger partial charge in [-0.2, -0.15) is 5.26 Å². The SMILES string of the molecule is Cc1ccc(/C=C(/C#N)c2nc(-c3cccs3)cs2)cc1. The quantitative estimate of drug-likeness (QED) is 0.620. The van der Waals surface area contributed by atoms with E-state index >= 15 is 0 Å². The molecule has 0 saturated carbocycles. The van der Waals surface area contributed by atoms with Crippen molar-refractivity contribution in [1.82, 2.24) is 4.98 Å². The van der Waals surface area contributed by atoms with Crippen LogP contribution in [-0.2, 0) is 0 Å².